The van der Waals surface area contributed by atoms with E-state index in [4.69, 9.17) is 9.47 Å². The van der Waals surface area contributed by atoms with Gasteiger partial charge >= 0.3 is 11.9 Å². The SMILES string of the molecule is O=C(OCCc1ccccc1OC(=O)c1ccc(O)cc1)c1ccccc1. The van der Waals surface area contributed by atoms with Crippen LogP contribution in [0, 0.1) is 0 Å². The molecule has 0 saturated carbocycles. The summed E-state index contributed by atoms with van der Waals surface area (Å²) in [7, 11) is 0. The number of para-hydroxylation sites is 1. The molecule has 0 aliphatic heterocycles. The van der Waals surface area contributed by atoms with Gasteiger partial charge in [-0.1, -0.05) is 36.4 Å². The average molecular weight is 362 g/mol. The van der Waals surface area contributed by atoms with Crippen molar-refractivity contribution < 1.29 is 24.2 Å². The lowest BCUT2D eigenvalue weighted by molar-refractivity contribution is 0.0506. The lowest BCUT2D eigenvalue weighted by atomic mass is 10.1. The van der Waals surface area contributed by atoms with Crippen molar-refractivity contribution in [3.8, 4) is 11.5 Å². The Bertz CT molecular complexity index is 917. The summed E-state index contributed by atoms with van der Waals surface area (Å²) in [5.74, 6) is -0.434. The van der Waals surface area contributed by atoms with Gasteiger partial charge in [0.1, 0.15) is 11.5 Å². The van der Waals surface area contributed by atoms with Gasteiger partial charge in [0.15, 0.2) is 0 Å². The summed E-state index contributed by atoms with van der Waals surface area (Å²) in [5, 5.41) is 9.30. The minimum atomic E-state index is -0.524. The minimum absolute atomic E-state index is 0.0761. The van der Waals surface area contributed by atoms with Crippen molar-refractivity contribution in [2.75, 3.05) is 6.61 Å². The number of hydrogen-bond donors (Lipinski definition) is 1. The highest BCUT2D eigenvalue weighted by atomic mass is 16.5. The van der Waals surface area contributed by atoms with Gasteiger partial charge in [-0.05, 0) is 48.0 Å². The van der Waals surface area contributed by atoms with Crippen LogP contribution in [0.5, 0.6) is 11.5 Å². The maximum absolute atomic E-state index is 12.3. The van der Waals surface area contributed by atoms with Crippen molar-refractivity contribution in [2.45, 2.75) is 6.42 Å². The van der Waals surface area contributed by atoms with E-state index in [0.717, 1.165) is 5.56 Å². The average Bonchev–Trinajstić information content (AvgIpc) is 2.70. The Morgan fingerprint density at radius 3 is 2.11 bits per heavy atom. The summed E-state index contributed by atoms with van der Waals surface area (Å²) in [5.41, 5.74) is 1.58. The summed E-state index contributed by atoms with van der Waals surface area (Å²) in [6, 6.07) is 21.7. The number of phenols is 1. The largest absolute Gasteiger partial charge is 0.508 e. The fourth-order valence-electron chi connectivity index (χ4n) is 2.48. The molecule has 0 aliphatic carbocycles. The first kappa shape index (κ1) is 18.2. The predicted molar refractivity (Wildman–Crippen MR) is 99.9 cm³/mol. The van der Waals surface area contributed by atoms with Gasteiger partial charge in [-0.15, -0.1) is 0 Å². The minimum Gasteiger partial charge on any atom is -0.508 e. The molecule has 0 bridgehead atoms. The number of rotatable bonds is 6. The molecule has 3 aromatic carbocycles. The molecule has 5 nitrogen and oxygen atoms in total. The number of carbonyl (C=O) groups excluding carboxylic acids is 2. The molecule has 0 spiro atoms. The van der Waals surface area contributed by atoms with E-state index >= 15 is 0 Å². The molecular weight excluding hydrogens is 344 g/mol. The standard InChI is InChI=1S/C22H18O5/c23-19-12-10-18(11-13-19)22(25)27-20-9-5-4-6-16(20)14-15-26-21(24)17-7-2-1-3-8-17/h1-13,23H,14-15H2. The Kier molecular flexibility index (Phi) is 5.84. The first-order valence-electron chi connectivity index (χ1n) is 8.45. The zero-order valence-electron chi connectivity index (χ0n) is 14.5. The quantitative estimate of drug-likeness (QED) is 0.530. The van der Waals surface area contributed by atoms with Crippen LogP contribution in [-0.2, 0) is 11.2 Å². The highest BCUT2D eigenvalue weighted by Gasteiger charge is 2.12. The summed E-state index contributed by atoms with van der Waals surface area (Å²) in [4.78, 5) is 24.2. The molecule has 0 aromatic heterocycles. The number of esters is 2. The van der Waals surface area contributed by atoms with E-state index in [2.05, 4.69) is 0 Å². The Morgan fingerprint density at radius 2 is 1.37 bits per heavy atom. The van der Waals surface area contributed by atoms with Crippen LogP contribution in [0.3, 0.4) is 0 Å². The first-order chi connectivity index (χ1) is 13.1. The topological polar surface area (TPSA) is 72.8 Å². The van der Waals surface area contributed by atoms with E-state index in [1.165, 1.54) is 24.3 Å². The van der Waals surface area contributed by atoms with Gasteiger partial charge in [0.2, 0.25) is 0 Å². The number of phenolic OH excluding ortho intramolecular Hbond substituents is 1. The van der Waals surface area contributed by atoms with Crippen molar-refractivity contribution in [2.24, 2.45) is 0 Å². The van der Waals surface area contributed by atoms with Crippen LogP contribution >= 0.6 is 0 Å². The van der Waals surface area contributed by atoms with Crippen LogP contribution in [0.1, 0.15) is 26.3 Å². The molecule has 0 saturated heterocycles. The van der Waals surface area contributed by atoms with Crippen LogP contribution < -0.4 is 4.74 Å². The number of ether oxygens (including phenoxy) is 2. The second-order valence-electron chi connectivity index (χ2n) is 5.80. The number of aromatic hydroxyl groups is 1. The third kappa shape index (κ3) is 4.95. The van der Waals surface area contributed by atoms with Crippen molar-refractivity contribution in [3.63, 3.8) is 0 Å². The summed E-state index contributed by atoms with van der Waals surface area (Å²) in [6.07, 6.45) is 0.414. The van der Waals surface area contributed by atoms with Gasteiger partial charge in [-0.25, -0.2) is 9.59 Å². The number of benzene rings is 3. The van der Waals surface area contributed by atoms with E-state index in [1.807, 2.05) is 18.2 Å². The monoisotopic (exact) mass is 362 g/mol. The zero-order chi connectivity index (χ0) is 19.1. The summed E-state index contributed by atoms with van der Waals surface area (Å²) in [6.45, 7) is 0.168. The van der Waals surface area contributed by atoms with Gasteiger partial charge in [0.25, 0.3) is 0 Å². The Morgan fingerprint density at radius 1 is 0.741 bits per heavy atom. The smallest absolute Gasteiger partial charge is 0.343 e. The number of hydrogen-bond acceptors (Lipinski definition) is 5. The Hall–Kier alpha value is -3.60. The van der Waals surface area contributed by atoms with E-state index < -0.39 is 11.9 Å². The Balaban J connectivity index is 1.61. The molecule has 0 amide bonds. The lowest BCUT2D eigenvalue weighted by Gasteiger charge is -2.10. The van der Waals surface area contributed by atoms with Gasteiger partial charge in [0, 0.05) is 6.42 Å². The fourth-order valence-corrected chi connectivity index (χ4v) is 2.48. The molecule has 1 N–H and O–H groups in total. The third-order valence-electron chi connectivity index (χ3n) is 3.89. The van der Waals surface area contributed by atoms with Crippen LogP contribution in [-0.4, -0.2) is 23.7 Å². The second-order valence-corrected chi connectivity index (χ2v) is 5.80. The number of carbonyl (C=O) groups is 2. The van der Waals surface area contributed by atoms with E-state index in [1.54, 1.807) is 36.4 Å². The molecule has 3 rings (SSSR count). The molecule has 3 aromatic rings. The van der Waals surface area contributed by atoms with Crippen LogP contribution in [0.4, 0.5) is 0 Å². The molecular formula is C22H18O5. The van der Waals surface area contributed by atoms with Crippen molar-refractivity contribution in [1.29, 1.82) is 0 Å². The van der Waals surface area contributed by atoms with Gasteiger partial charge < -0.3 is 14.6 Å². The fraction of sp³-hybridized carbons (Fsp3) is 0.0909. The lowest BCUT2D eigenvalue weighted by Crippen LogP contribution is -2.11. The van der Waals surface area contributed by atoms with Gasteiger partial charge in [0.05, 0.1) is 17.7 Å². The van der Waals surface area contributed by atoms with E-state index in [-0.39, 0.29) is 12.4 Å². The van der Waals surface area contributed by atoms with Gasteiger partial charge in [-0.2, -0.15) is 0 Å². The third-order valence-corrected chi connectivity index (χ3v) is 3.89. The summed E-state index contributed by atoms with van der Waals surface area (Å²) < 4.78 is 10.7. The maximum atomic E-state index is 12.3. The zero-order valence-corrected chi connectivity index (χ0v) is 14.5. The van der Waals surface area contributed by atoms with E-state index in [0.29, 0.717) is 23.3 Å². The molecule has 27 heavy (non-hydrogen) atoms. The van der Waals surface area contributed by atoms with Crippen LogP contribution in [0.15, 0.2) is 78.9 Å². The van der Waals surface area contributed by atoms with Crippen LogP contribution in [0.2, 0.25) is 0 Å². The molecule has 5 heteroatoms. The molecule has 0 atom stereocenters. The molecule has 136 valence electrons. The molecule has 0 aliphatic rings. The second kappa shape index (κ2) is 8.67. The highest BCUT2D eigenvalue weighted by molar-refractivity contribution is 5.91. The summed E-state index contributed by atoms with van der Waals surface area (Å²) >= 11 is 0. The van der Waals surface area contributed by atoms with Crippen LogP contribution in [0.25, 0.3) is 0 Å². The first-order valence-corrected chi connectivity index (χ1v) is 8.45. The molecule has 0 radical (unpaired) electrons. The van der Waals surface area contributed by atoms with Crippen molar-refractivity contribution in [1.82, 2.24) is 0 Å². The predicted octanol–water partition coefficient (Wildman–Crippen LogP) is 4.01. The normalized spacial score (nSPS) is 10.2. The Labute approximate surface area is 156 Å². The van der Waals surface area contributed by atoms with Crippen molar-refractivity contribution in [3.05, 3.63) is 95.6 Å². The molecule has 0 heterocycles. The maximum Gasteiger partial charge on any atom is 0.343 e. The molecule has 0 fully saturated rings. The highest BCUT2D eigenvalue weighted by Crippen LogP contribution is 2.21. The van der Waals surface area contributed by atoms with Crippen molar-refractivity contribution >= 4 is 11.9 Å². The van der Waals surface area contributed by atoms with E-state index in [9.17, 15) is 14.7 Å². The molecule has 0 unspecified atom stereocenters. The van der Waals surface area contributed by atoms with Gasteiger partial charge in [-0.3, -0.25) is 0 Å².